The number of aryl methyl sites for hydroxylation is 1. The van der Waals surface area contributed by atoms with E-state index in [1.807, 2.05) is 0 Å². The molecular weight excluding hydrogens is 273 g/mol. The summed E-state index contributed by atoms with van der Waals surface area (Å²) in [5.41, 5.74) is 1.59. The first-order chi connectivity index (χ1) is 8.56. The number of nitrogens with one attached hydrogen (secondary N) is 1. The quantitative estimate of drug-likeness (QED) is 0.919. The lowest BCUT2D eigenvalue weighted by Crippen LogP contribution is -2.14. The Morgan fingerprint density at radius 2 is 1.94 bits per heavy atom. The average Bonchev–Trinajstić information content (AvgIpc) is 2.34. The molecule has 0 atom stereocenters. The molecule has 0 unspecified atom stereocenters. The van der Waals surface area contributed by atoms with E-state index in [1.54, 1.807) is 31.2 Å². The van der Waals surface area contributed by atoms with E-state index in [0.717, 1.165) is 5.69 Å². The number of rotatable bonds is 2. The minimum atomic E-state index is -0.320. The van der Waals surface area contributed by atoms with Gasteiger partial charge in [-0.2, -0.15) is 0 Å². The lowest BCUT2D eigenvalue weighted by Gasteiger charge is -2.06. The van der Waals surface area contributed by atoms with Gasteiger partial charge in [0.1, 0.15) is 12.0 Å². The summed E-state index contributed by atoms with van der Waals surface area (Å²) in [7, 11) is 0. The Labute approximate surface area is 114 Å². The number of anilines is 1. The molecule has 2 rings (SSSR count). The maximum absolute atomic E-state index is 11.9. The van der Waals surface area contributed by atoms with Crippen LogP contribution in [-0.4, -0.2) is 15.9 Å². The fourth-order valence-corrected chi connectivity index (χ4v) is 1.65. The maximum Gasteiger partial charge on any atom is 0.274 e. The van der Waals surface area contributed by atoms with Crippen molar-refractivity contribution in [2.75, 3.05) is 5.32 Å². The topological polar surface area (TPSA) is 54.9 Å². The number of aromatic nitrogens is 2. The van der Waals surface area contributed by atoms with E-state index in [0.29, 0.717) is 21.4 Å². The zero-order valence-corrected chi connectivity index (χ0v) is 11.0. The van der Waals surface area contributed by atoms with E-state index in [2.05, 4.69) is 15.3 Å². The van der Waals surface area contributed by atoms with Crippen LogP contribution in [-0.2, 0) is 0 Å². The average molecular weight is 282 g/mol. The van der Waals surface area contributed by atoms with E-state index in [1.165, 1.54) is 6.33 Å². The molecule has 0 saturated heterocycles. The number of hydrogen-bond acceptors (Lipinski definition) is 3. The second-order valence-electron chi connectivity index (χ2n) is 3.63. The summed E-state index contributed by atoms with van der Waals surface area (Å²) in [5, 5.41) is 3.50. The fraction of sp³-hybridized carbons (Fsp3) is 0.0833. The number of carbonyl (C=O) groups is 1. The van der Waals surface area contributed by atoms with Gasteiger partial charge in [0, 0.05) is 11.4 Å². The molecule has 0 bridgehead atoms. The maximum atomic E-state index is 11.9. The fourth-order valence-electron chi connectivity index (χ4n) is 1.35. The van der Waals surface area contributed by atoms with E-state index in [-0.39, 0.29) is 5.91 Å². The van der Waals surface area contributed by atoms with Gasteiger partial charge in [0.2, 0.25) is 0 Å². The number of benzene rings is 1. The van der Waals surface area contributed by atoms with Crippen LogP contribution in [0.3, 0.4) is 0 Å². The van der Waals surface area contributed by atoms with Crippen LogP contribution in [0.25, 0.3) is 0 Å². The highest BCUT2D eigenvalue weighted by molar-refractivity contribution is 6.42. The van der Waals surface area contributed by atoms with Crippen LogP contribution in [0.15, 0.2) is 30.6 Å². The first kappa shape index (κ1) is 12.8. The Bertz CT molecular complexity index is 602. The molecule has 0 aliphatic carbocycles. The summed E-state index contributed by atoms with van der Waals surface area (Å²) in [6.45, 7) is 1.79. The molecule has 0 spiro atoms. The van der Waals surface area contributed by atoms with Crippen LogP contribution in [0, 0.1) is 6.92 Å². The number of halogens is 2. The van der Waals surface area contributed by atoms with Crippen molar-refractivity contribution in [2.24, 2.45) is 0 Å². The lowest BCUT2D eigenvalue weighted by molar-refractivity contribution is 0.102. The molecule has 0 aliphatic rings. The van der Waals surface area contributed by atoms with Crippen molar-refractivity contribution in [1.82, 2.24) is 9.97 Å². The molecule has 0 saturated carbocycles. The van der Waals surface area contributed by atoms with Crippen molar-refractivity contribution in [3.8, 4) is 0 Å². The molecule has 0 fully saturated rings. The molecule has 1 heterocycles. The van der Waals surface area contributed by atoms with Crippen LogP contribution in [0.2, 0.25) is 10.0 Å². The highest BCUT2D eigenvalue weighted by Gasteiger charge is 2.09. The Kier molecular flexibility index (Phi) is 3.79. The summed E-state index contributed by atoms with van der Waals surface area (Å²) in [6, 6.07) is 6.47. The van der Waals surface area contributed by atoms with Crippen LogP contribution in [0.5, 0.6) is 0 Å². The van der Waals surface area contributed by atoms with Crippen LogP contribution < -0.4 is 5.32 Å². The third-order valence-corrected chi connectivity index (χ3v) is 2.95. The van der Waals surface area contributed by atoms with Gasteiger partial charge in [-0.3, -0.25) is 4.79 Å². The van der Waals surface area contributed by atoms with Crippen molar-refractivity contribution in [3.63, 3.8) is 0 Å². The van der Waals surface area contributed by atoms with Crippen molar-refractivity contribution < 1.29 is 4.79 Å². The third kappa shape index (κ3) is 2.97. The van der Waals surface area contributed by atoms with Crippen LogP contribution >= 0.6 is 23.2 Å². The molecule has 92 valence electrons. The second-order valence-corrected chi connectivity index (χ2v) is 4.44. The van der Waals surface area contributed by atoms with Crippen LogP contribution in [0.1, 0.15) is 16.2 Å². The number of carbonyl (C=O) groups excluding carboxylic acids is 1. The van der Waals surface area contributed by atoms with Crippen molar-refractivity contribution in [3.05, 3.63) is 52.0 Å². The first-order valence-electron chi connectivity index (χ1n) is 5.11. The van der Waals surface area contributed by atoms with Crippen LogP contribution in [0.4, 0.5) is 5.69 Å². The Hall–Kier alpha value is -1.65. The number of nitrogens with zero attached hydrogens (tertiary/aromatic N) is 2. The molecular formula is C12H9Cl2N3O. The zero-order valence-electron chi connectivity index (χ0n) is 9.45. The highest BCUT2D eigenvalue weighted by Crippen LogP contribution is 2.25. The van der Waals surface area contributed by atoms with Gasteiger partial charge in [0.25, 0.3) is 5.91 Å². The first-order valence-corrected chi connectivity index (χ1v) is 5.87. The summed E-state index contributed by atoms with van der Waals surface area (Å²) < 4.78 is 0. The van der Waals surface area contributed by atoms with Gasteiger partial charge < -0.3 is 5.32 Å². The molecule has 0 aliphatic heterocycles. The van der Waals surface area contributed by atoms with E-state index < -0.39 is 0 Å². The Morgan fingerprint density at radius 3 is 2.61 bits per heavy atom. The summed E-state index contributed by atoms with van der Waals surface area (Å²) in [5.74, 6) is -0.320. The summed E-state index contributed by atoms with van der Waals surface area (Å²) >= 11 is 11.6. The van der Waals surface area contributed by atoms with E-state index in [4.69, 9.17) is 23.2 Å². The van der Waals surface area contributed by atoms with Gasteiger partial charge in [0.15, 0.2) is 0 Å². The van der Waals surface area contributed by atoms with Crippen molar-refractivity contribution in [1.29, 1.82) is 0 Å². The molecule has 6 heteroatoms. The van der Waals surface area contributed by atoms with E-state index >= 15 is 0 Å². The predicted octanol–water partition coefficient (Wildman–Crippen LogP) is 3.34. The van der Waals surface area contributed by atoms with Gasteiger partial charge >= 0.3 is 0 Å². The molecule has 1 aromatic heterocycles. The Morgan fingerprint density at radius 1 is 1.17 bits per heavy atom. The zero-order chi connectivity index (χ0) is 13.1. The smallest absolute Gasteiger partial charge is 0.274 e. The molecule has 18 heavy (non-hydrogen) atoms. The molecule has 2 aromatic rings. The van der Waals surface area contributed by atoms with Gasteiger partial charge in [-0.15, -0.1) is 0 Å². The standard InChI is InChI=1S/C12H9Cl2N3O/c1-7-4-11(16-6-15-7)12(18)17-8-2-3-9(13)10(14)5-8/h2-6H,1H3,(H,17,18). The number of amides is 1. The molecule has 1 amide bonds. The third-order valence-electron chi connectivity index (χ3n) is 2.21. The SMILES string of the molecule is Cc1cc(C(=O)Nc2ccc(Cl)c(Cl)c2)ncn1. The molecule has 4 nitrogen and oxygen atoms in total. The molecule has 1 aromatic carbocycles. The summed E-state index contributed by atoms with van der Waals surface area (Å²) in [4.78, 5) is 19.7. The minimum absolute atomic E-state index is 0.300. The van der Waals surface area contributed by atoms with Gasteiger partial charge in [-0.25, -0.2) is 9.97 Å². The van der Waals surface area contributed by atoms with Gasteiger partial charge in [-0.05, 0) is 31.2 Å². The molecule has 0 radical (unpaired) electrons. The number of hydrogen-bond donors (Lipinski definition) is 1. The van der Waals surface area contributed by atoms with Gasteiger partial charge in [0.05, 0.1) is 10.0 Å². The normalized spacial score (nSPS) is 10.2. The van der Waals surface area contributed by atoms with Gasteiger partial charge in [-0.1, -0.05) is 23.2 Å². The molecule has 1 N–H and O–H groups in total. The highest BCUT2D eigenvalue weighted by atomic mass is 35.5. The minimum Gasteiger partial charge on any atom is -0.321 e. The monoisotopic (exact) mass is 281 g/mol. The lowest BCUT2D eigenvalue weighted by atomic mass is 10.3. The van der Waals surface area contributed by atoms with Crippen molar-refractivity contribution in [2.45, 2.75) is 6.92 Å². The summed E-state index contributed by atoms with van der Waals surface area (Å²) in [6.07, 6.45) is 1.35. The largest absolute Gasteiger partial charge is 0.321 e. The Balaban J connectivity index is 2.18. The van der Waals surface area contributed by atoms with E-state index in [9.17, 15) is 4.79 Å². The second kappa shape index (κ2) is 5.33. The predicted molar refractivity (Wildman–Crippen MR) is 71.2 cm³/mol. The van der Waals surface area contributed by atoms with Crippen molar-refractivity contribution >= 4 is 34.8 Å².